The van der Waals surface area contributed by atoms with Crippen LogP contribution in [0.5, 0.6) is 0 Å². The van der Waals surface area contributed by atoms with Gasteiger partial charge in [-0.2, -0.15) is 0 Å². The number of H-pyrrole nitrogens is 4. The van der Waals surface area contributed by atoms with Crippen LogP contribution in [0.25, 0.3) is 217 Å². The van der Waals surface area contributed by atoms with Gasteiger partial charge in [-0.1, -0.05) is 259 Å². The lowest BCUT2D eigenvalue weighted by Gasteiger charge is -2.10. The minimum atomic E-state index is 0.730. The monoisotopic (exact) mass is 1660 g/mol. The van der Waals surface area contributed by atoms with Gasteiger partial charge in [-0.15, -0.1) is 0 Å². The van der Waals surface area contributed by atoms with Gasteiger partial charge >= 0.3 is 0 Å². The van der Waals surface area contributed by atoms with E-state index in [1.54, 1.807) is 0 Å². The standard InChI is InChI=1S/C118H100N10/c1-65-37-66(2)46-85(45-65)109-93-21-23-95(121-93)111(87-49-69(5)39-70(6)50-87)99-29-31-103(125-99)115(91-57-77(13)43-78(14)58-91)117-83(63-107(127-117)113(101-27-25-97(109)123-101)89-53-73(9)41-74(10)54-89)19-17-81-33-35-119-105(61-81)106-62-82(34-36-120-106)18-20-84-64-108-114(90-55-75(11)42-76(12)56-90)102-28-26-98(124-102)110(86-47-67(3)38-68(4)48-86)94-22-24-96(122-94)112(88-51-71(7)40-72(8)52-88)100-30-32-104(126-100)116(118(84)128-108)92-59-79(15)44-80(16)60-92/h17-64,121-122,127-128H,1-16H3/b19-17+,20-18+,109-93?,109-97?,110-94?,110-98?,111-95?,111-99?,112-96?,112-100?,113-101?,113-107?,114-102?,114-108?,115-103?,116-104?,117-115?,118-116?. The SMILES string of the molecule is Cc1cc(C)cc(-c2c3nc(c(-c4cc(C)cc(C)c4)c4cc(/C=C/c5ccnc(-c6cc(/C=C/c7cc8[nH]c7c(-c7cc(C)cc(C)c7)c7nc(c(-c9cc(C)cc(C)c9)c9ccc([nH]9)c(-c9cc(C)cc(C)c9)c9nc(c8-c8cc(C)cc(C)c8)C=C9)C=C7)ccn6)c5)c([nH]4)c(-c4cc(C)cc(C)c4)c4nc(c(-c5cc(C)cc(C)c5)c5ccc2[nH]5)C=C4)C=C3)c1. The molecule has 0 spiro atoms. The average Bonchev–Trinajstić information content (AvgIpc) is 1.60. The maximum absolute atomic E-state index is 5.82. The highest BCUT2D eigenvalue weighted by Crippen LogP contribution is 2.46. The number of aromatic nitrogens is 10. The van der Waals surface area contributed by atoms with E-state index in [1.807, 2.05) is 12.4 Å². The van der Waals surface area contributed by atoms with E-state index in [0.717, 1.165) is 257 Å². The van der Waals surface area contributed by atoms with Crippen molar-refractivity contribution in [3.05, 3.63) is 375 Å². The Balaban J connectivity index is 0.784. The summed E-state index contributed by atoms with van der Waals surface area (Å²) in [4.78, 5) is 49.7. The van der Waals surface area contributed by atoms with Crippen molar-refractivity contribution in [2.45, 2.75) is 111 Å². The van der Waals surface area contributed by atoms with Crippen LogP contribution in [-0.2, 0) is 0 Å². The molecule has 8 aromatic carbocycles. The van der Waals surface area contributed by atoms with Gasteiger partial charge in [0.25, 0.3) is 0 Å². The van der Waals surface area contributed by atoms with Crippen LogP contribution in [0, 0.1) is 111 Å². The lowest BCUT2D eigenvalue weighted by Crippen LogP contribution is -1.92. The molecule has 0 atom stereocenters. The highest BCUT2D eigenvalue weighted by molar-refractivity contribution is 6.06. The fraction of sp³-hybridized carbons (Fsp3) is 0.136. The lowest BCUT2D eigenvalue weighted by atomic mass is 9.97. The van der Waals surface area contributed by atoms with Gasteiger partial charge in [-0.05, 0) is 276 Å². The maximum atomic E-state index is 5.82. The second-order valence-corrected chi connectivity index (χ2v) is 36.1. The van der Waals surface area contributed by atoms with Gasteiger partial charge in [0.1, 0.15) is 0 Å². The molecular weight excluding hydrogens is 1560 g/mol. The summed E-state index contributed by atoms with van der Waals surface area (Å²) in [6.07, 6.45) is 30.3. The Kier molecular flexibility index (Phi) is 20.7. The van der Waals surface area contributed by atoms with Crippen LogP contribution in [-0.4, -0.2) is 49.8 Å². The quantitative estimate of drug-likeness (QED) is 0.0906. The minimum absolute atomic E-state index is 0.730. The van der Waals surface area contributed by atoms with E-state index in [0.29, 0.717) is 0 Å². The molecule has 16 aromatic rings. The van der Waals surface area contributed by atoms with Crippen molar-refractivity contribution >= 4 is 117 Å². The first-order valence-corrected chi connectivity index (χ1v) is 44.2. The van der Waals surface area contributed by atoms with Crippen molar-refractivity contribution in [1.29, 1.82) is 0 Å². The molecule has 4 aliphatic rings. The molecule has 20 rings (SSSR count). The first-order valence-electron chi connectivity index (χ1n) is 44.2. The zero-order valence-electron chi connectivity index (χ0n) is 75.4. The summed E-state index contributed by atoms with van der Waals surface area (Å²) in [6.45, 7) is 34.8. The van der Waals surface area contributed by atoms with Gasteiger partial charge in [-0.3, -0.25) is 9.97 Å². The number of hydrogen-bond acceptors (Lipinski definition) is 6. The van der Waals surface area contributed by atoms with Crippen molar-refractivity contribution in [1.82, 2.24) is 49.8 Å². The molecule has 10 nitrogen and oxygen atoms in total. The Labute approximate surface area is 748 Å². The zero-order chi connectivity index (χ0) is 88.2. The Morgan fingerprint density at radius 2 is 0.383 bits per heavy atom. The minimum Gasteiger partial charge on any atom is -0.354 e. The number of nitrogens with zero attached hydrogens (tertiary/aromatic N) is 6. The van der Waals surface area contributed by atoms with Gasteiger partial charge in [0.2, 0.25) is 0 Å². The van der Waals surface area contributed by atoms with Crippen molar-refractivity contribution in [2.24, 2.45) is 0 Å². The van der Waals surface area contributed by atoms with Crippen LogP contribution in [0.1, 0.15) is 157 Å². The van der Waals surface area contributed by atoms with Crippen LogP contribution < -0.4 is 0 Å². The van der Waals surface area contributed by atoms with Crippen LogP contribution in [0.3, 0.4) is 0 Å². The second kappa shape index (κ2) is 32.7. The van der Waals surface area contributed by atoms with Crippen LogP contribution in [0.4, 0.5) is 0 Å². The number of pyridine rings is 2. The molecule has 622 valence electrons. The Morgan fingerprint density at radius 3 is 0.602 bits per heavy atom. The van der Waals surface area contributed by atoms with Gasteiger partial charge in [0.05, 0.1) is 68.0 Å². The summed E-state index contributed by atoms with van der Waals surface area (Å²) < 4.78 is 0. The number of benzene rings is 8. The fourth-order valence-electron chi connectivity index (χ4n) is 20.0. The third-order valence-electron chi connectivity index (χ3n) is 24.6. The zero-order valence-corrected chi connectivity index (χ0v) is 75.4. The molecule has 16 bridgehead atoms. The smallest absolute Gasteiger partial charge is 0.0892 e. The molecule has 4 aliphatic heterocycles. The largest absolute Gasteiger partial charge is 0.354 e. The topological polar surface area (TPSA) is 140 Å². The molecular formula is C118H100N10. The van der Waals surface area contributed by atoms with Gasteiger partial charge in [0, 0.05) is 101 Å². The predicted octanol–water partition coefficient (Wildman–Crippen LogP) is 30.7. The number of nitrogens with one attached hydrogen (secondary N) is 4. The Morgan fingerprint density at radius 1 is 0.188 bits per heavy atom. The lowest BCUT2D eigenvalue weighted by molar-refractivity contribution is 1.24. The number of aryl methyl sites for hydroxylation is 16. The first-order chi connectivity index (χ1) is 61.8. The molecule has 12 heterocycles. The molecule has 0 amide bonds. The predicted molar refractivity (Wildman–Crippen MR) is 542 cm³/mol. The summed E-state index contributed by atoms with van der Waals surface area (Å²) in [7, 11) is 0. The summed E-state index contributed by atoms with van der Waals surface area (Å²) >= 11 is 0. The van der Waals surface area contributed by atoms with E-state index in [2.05, 4.69) is 410 Å². The van der Waals surface area contributed by atoms with Crippen LogP contribution in [0.2, 0.25) is 0 Å². The van der Waals surface area contributed by atoms with E-state index >= 15 is 0 Å². The van der Waals surface area contributed by atoms with Crippen molar-refractivity contribution in [3.8, 4) is 100 Å². The number of hydrogen-bond donors (Lipinski definition) is 4. The van der Waals surface area contributed by atoms with E-state index in [1.165, 1.54) is 44.5 Å². The number of aromatic amines is 4. The molecule has 0 aliphatic carbocycles. The van der Waals surface area contributed by atoms with Crippen molar-refractivity contribution < 1.29 is 0 Å². The molecule has 10 heteroatoms. The normalized spacial score (nSPS) is 12.3. The van der Waals surface area contributed by atoms with Gasteiger partial charge < -0.3 is 19.9 Å². The number of rotatable bonds is 13. The van der Waals surface area contributed by atoms with Crippen molar-refractivity contribution in [3.63, 3.8) is 0 Å². The van der Waals surface area contributed by atoms with Crippen LogP contribution in [0.15, 0.2) is 219 Å². The first kappa shape index (κ1) is 81.1. The molecule has 0 unspecified atom stereocenters. The van der Waals surface area contributed by atoms with E-state index < -0.39 is 0 Å². The second-order valence-electron chi connectivity index (χ2n) is 36.1. The molecule has 8 aromatic heterocycles. The molecule has 0 saturated heterocycles. The molecule has 0 fully saturated rings. The van der Waals surface area contributed by atoms with E-state index in [-0.39, 0.29) is 0 Å². The Hall–Kier alpha value is -15.3. The summed E-state index contributed by atoms with van der Waals surface area (Å²) in [5.41, 5.74) is 54.8. The summed E-state index contributed by atoms with van der Waals surface area (Å²) in [5.74, 6) is 0. The molecule has 128 heavy (non-hydrogen) atoms. The average molecular weight is 1660 g/mol. The molecule has 0 saturated carbocycles. The molecule has 0 radical (unpaired) electrons. The highest BCUT2D eigenvalue weighted by atomic mass is 14.8. The maximum Gasteiger partial charge on any atom is 0.0892 e. The fourth-order valence-corrected chi connectivity index (χ4v) is 20.0. The Bertz CT molecular complexity index is 7370. The van der Waals surface area contributed by atoms with Gasteiger partial charge in [0.15, 0.2) is 0 Å². The van der Waals surface area contributed by atoms with Crippen LogP contribution >= 0.6 is 0 Å². The summed E-state index contributed by atoms with van der Waals surface area (Å²) in [5, 5.41) is 0. The van der Waals surface area contributed by atoms with Crippen molar-refractivity contribution in [2.75, 3.05) is 0 Å². The van der Waals surface area contributed by atoms with E-state index in [9.17, 15) is 0 Å². The van der Waals surface area contributed by atoms with E-state index in [4.69, 9.17) is 29.9 Å². The highest BCUT2D eigenvalue weighted by Gasteiger charge is 2.26. The number of fused-ring (bicyclic) bond motifs is 16. The third kappa shape index (κ3) is 16.0. The third-order valence-corrected chi connectivity index (χ3v) is 24.6. The summed E-state index contributed by atoms with van der Waals surface area (Å²) in [6, 6.07) is 76.4. The molecule has 4 N–H and O–H groups in total. The van der Waals surface area contributed by atoms with Gasteiger partial charge in [-0.25, -0.2) is 19.9 Å².